The molecule has 1 rings (SSSR count). The van der Waals surface area contributed by atoms with E-state index >= 15 is 0 Å². The summed E-state index contributed by atoms with van der Waals surface area (Å²) in [6.45, 7) is 4.55. The molecular weight excluding hydrogens is 526 g/mol. The van der Waals surface area contributed by atoms with E-state index in [-0.39, 0.29) is 13.0 Å². The van der Waals surface area contributed by atoms with Crippen molar-refractivity contribution in [1.29, 1.82) is 0 Å². The number of aliphatic hydroxyl groups is 3. The van der Waals surface area contributed by atoms with Crippen LogP contribution in [-0.2, 0) is 33.4 Å². The molecule has 9 atom stereocenters. The van der Waals surface area contributed by atoms with Crippen LogP contribution in [0.4, 0.5) is 0 Å². The summed E-state index contributed by atoms with van der Waals surface area (Å²) in [6, 6.07) is -4.26. The summed E-state index contributed by atoms with van der Waals surface area (Å²) < 4.78 is 10.9. The Labute approximate surface area is 225 Å². The Morgan fingerprint density at radius 1 is 1.05 bits per heavy atom. The lowest BCUT2D eigenvalue weighted by atomic mass is 9.96. The third kappa shape index (κ3) is 12.2. The van der Waals surface area contributed by atoms with Crippen LogP contribution in [0.2, 0.25) is 0 Å². The zero-order chi connectivity index (χ0) is 30.6. The van der Waals surface area contributed by atoms with Crippen LogP contribution in [0.15, 0.2) is 0 Å². The minimum Gasteiger partial charge on any atom is -0.481 e. The van der Waals surface area contributed by atoms with Crippen molar-refractivity contribution >= 4 is 29.7 Å². The maximum Gasteiger partial charge on any atom is 0.320 e. The van der Waals surface area contributed by atoms with Crippen LogP contribution in [0.5, 0.6) is 0 Å². The molecule has 39 heavy (non-hydrogen) atoms. The van der Waals surface area contributed by atoms with E-state index in [9.17, 15) is 39.3 Å². The zero-order valence-corrected chi connectivity index (χ0v) is 22.3. The average molecular weight is 568 g/mol. The molecule has 12 N–H and O–H groups in total. The Bertz CT molecular complexity index is 842. The van der Waals surface area contributed by atoms with Gasteiger partial charge < -0.3 is 62.4 Å². The van der Waals surface area contributed by atoms with E-state index in [2.05, 4.69) is 5.32 Å². The predicted molar refractivity (Wildman–Crippen MR) is 132 cm³/mol. The van der Waals surface area contributed by atoms with E-state index in [1.54, 1.807) is 0 Å². The minimum absolute atomic E-state index is 0.254. The number of nitrogens with zero attached hydrogens (tertiary/aromatic N) is 1. The molecular formula is C22H41N5O12. The highest BCUT2D eigenvalue weighted by Crippen LogP contribution is 2.24. The number of aliphatic carboxylic acids is 2. The molecule has 1 saturated heterocycles. The summed E-state index contributed by atoms with van der Waals surface area (Å²) in [6.07, 6.45) is -7.15. The second-order valence-corrected chi connectivity index (χ2v) is 9.13. The van der Waals surface area contributed by atoms with Gasteiger partial charge in [-0.25, -0.2) is 0 Å². The van der Waals surface area contributed by atoms with Crippen LogP contribution in [0.25, 0.3) is 0 Å². The number of amides is 3. The third-order valence-electron chi connectivity index (χ3n) is 5.48. The maximum absolute atomic E-state index is 12.7. The number of carboxylic acids is 2. The Hall–Kier alpha value is -2.93. The molecule has 0 aromatic rings. The van der Waals surface area contributed by atoms with Crippen molar-refractivity contribution < 1.29 is 59.0 Å². The lowest BCUT2D eigenvalue weighted by Crippen LogP contribution is -2.65. The first-order chi connectivity index (χ1) is 17.9. The molecule has 0 radical (unpaired) electrons. The predicted octanol–water partition coefficient (Wildman–Crippen LogP) is -4.35. The molecule has 1 aliphatic rings. The SMILES string of the molecule is CC(=O)N[C@@H]1[C@@H](OC(C)CN(C(=O)[C@H](C)N)[C@H](CCC(=O)O)C(N)=O)[C@H](O)[C@@H](CO)O[C@@H]1O.C[C@H](N)C(=O)O. The smallest absolute Gasteiger partial charge is 0.320 e. The highest BCUT2D eigenvalue weighted by Gasteiger charge is 2.46. The van der Waals surface area contributed by atoms with Gasteiger partial charge in [-0.15, -0.1) is 0 Å². The standard InChI is InChI=1S/C19H34N4O10.C3H7NO2/c1-8(6-23(18(30)9(2)20)11(17(21)29)4-5-13(26)27)32-16-14(22-10(3)25)19(31)33-12(7-24)15(16)28;1-2(4)3(5)6/h8-9,11-12,14-16,19,24,28,31H,4-7,20H2,1-3H3,(H2,21,29)(H,22,25)(H,26,27);2H,4H2,1H3,(H,5,6)/t8?,9-,11+,12+,14+,15+,16+,19-;2-/m00/s1. The fourth-order valence-corrected chi connectivity index (χ4v) is 3.57. The van der Waals surface area contributed by atoms with Crippen LogP contribution >= 0.6 is 0 Å². The van der Waals surface area contributed by atoms with E-state index in [1.807, 2.05) is 0 Å². The van der Waals surface area contributed by atoms with Crippen molar-refractivity contribution in [2.24, 2.45) is 17.2 Å². The van der Waals surface area contributed by atoms with Crippen molar-refractivity contribution in [3.8, 4) is 0 Å². The highest BCUT2D eigenvalue weighted by molar-refractivity contribution is 5.89. The molecule has 0 saturated carbocycles. The molecule has 1 fully saturated rings. The monoisotopic (exact) mass is 567 g/mol. The van der Waals surface area contributed by atoms with Crippen LogP contribution in [-0.4, -0.2) is 128 Å². The van der Waals surface area contributed by atoms with Gasteiger partial charge in [0.2, 0.25) is 17.7 Å². The van der Waals surface area contributed by atoms with E-state index < -0.39 is 97.6 Å². The second kappa shape index (κ2) is 16.9. The number of carbonyl (C=O) groups is 5. The molecule has 0 aromatic carbocycles. The fourth-order valence-electron chi connectivity index (χ4n) is 3.57. The van der Waals surface area contributed by atoms with Crippen LogP contribution in [0, 0.1) is 0 Å². The molecule has 0 bridgehead atoms. The number of ether oxygens (including phenoxy) is 2. The quantitative estimate of drug-likeness (QED) is 0.102. The van der Waals surface area contributed by atoms with Crippen LogP contribution < -0.4 is 22.5 Å². The lowest BCUT2D eigenvalue weighted by molar-refractivity contribution is -0.268. The maximum atomic E-state index is 12.7. The minimum atomic E-state index is -1.61. The molecule has 1 unspecified atom stereocenters. The van der Waals surface area contributed by atoms with Gasteiger partial charge in [0.1, 0.15) is 36.4 Å². The van der Waals surface area contributed by atoms with Gasteiger partial charge in [-0.1, -0.05) is 0 Å². The van der Waals surface area contributed by atoms with Gasteiger partial charge >= 0.3 is 11.9 Å². The summed E-state index contributed by atoms with van der Waals surface area (Å²) in [4.78, 5) is 57.8. The lowest BCUT2D eigenvalue weighted by Gasteiger charge is -2.44. The highest BCUT2D eigenvalue weighted by atomic mass is 16.6. The first-order valence-corrected chi connectivity index (χ1v) is 12.0. The second-order valence-electron chi connectivity index (χ2n) is 9.13. The zero-order valence-electron chi connectivity index (χ0n) is 22.3. The van der Waals surface area contributed by atoms with E-state index in [4.69, 9.17) is 36.9 Å². The number of primary amides is 1. The molecule has 17 nitrogen and oxygen atoms in total. The topological polar surface area (TPSA) is 298 Å². The van der Waals surface area contributed by atoms with Crippen molar-refractivity contribution in [2.45, 2.75) is 95.4 Å². The number of nitrogens with two attached hydrogens (primary N) is 3. The average Bonchev–Trinajstić information content (AvgIpc) is 2.81. The number of nitrogens with one attached hydrogen (secondary N) is 1. The Morgan fingerprint density at radius 2 is 1.59 bits per heavy atom. The summed E-state index contributed by atoms with van der Waals surface area (Å²) >= 11 is 0. The molecule has 0 spiro atoms. The van der Waals surface area contributed by atoms with Crippen LogP contribution in [0.1, 0.15) is 40.5 Å². The van der Waals surface area contributed by atoms with E-state index in [0.29, 0.717) is 0 Å². The summed E-state index contributed by atoms with van der Waals surface area (Å²) in [7, 11) is 0. The number of aliphatic hydroxyl groups excluding tert-OH is 3. The molecule has 226 valence electrons. The molecule has 0 aromatic heterocycles. The largest absolute Gasteiger partial charge is 0.481 e. The molecule has 17 heteroatoms. The Balaban J connectivity index is 0.00000215. The fraction of sp³-hybridized carbons (Fsp3) is 0.773. The third-order valence-corrected chi connectivity index (χ3v) is 5.48. The van der Waals surface area contributed by atoms with Crippen molar-refractivity contribution in [3.05, 3.63) is 0 Å². The summed E-state index contributed by atoms with van der Waals surface area (Å²) in [5.74, 6) is -4.31. The van der Waals surface area contributed by atoms with Crippen molar-refractivity contribution in [3.63, 3.8) is 0 Å². The first-order valence-electron chi connectivity index (χ1n) is 12.0. The first kappa shape index (κ1) is 36.1. The summed E-state index contributed by atoms with van der Waals surface area (Å²) in [5, 5.41) is 49.4. The van der Waals surface area contributed by atoms with E-state index in [1.165, 1.54) is 27.7 Å². The van der Waals surface area contributed by atoms with Gasteiger partial charge in [-0.3, -0.25) is 24.0 Å². The Morgan fingerprint density at radius 3 is 1.97 bits per heavy atom. The summed E-state index contributed by atoms with van der Waals surface area (Å²) in [5.41, 5.74) is 15.9. The van der Waals surface area contributed by atoms with Gasteiger partial charge in [0, 0.05) is 19.9 Å². The number of carbonyl (C=O) groups excluding carboxylic acids is 3. The molecule has 1 heterocycles. The number of hydrogen-bond donors (Lipinski definition) is 9. The normalized spacial score (nSPS) is 25.6. The van der Waals surface area contributed by atoms with Gasteiger partial charge in [0.25, 0.3) is 0 Å². The van der Waals surface area contributed by atoms with Gasteiger partial charge in [0.05, 0.1) is 18.8 Å². The number of carboxylic acid groups (broad SMARTS) is 2. The van der Waals surface area contributed by atoms with Crippen molar-refractivity contribution in [2.75, 3.05) is 13.2 Å². The van der Waals surface area contributed by atoms with Crippen LogP contribution in [0.3, 0.4) is 0 Å². The van der Waals surface area contributed by atoms with Gasteiger partial charge in [-0.05, 0) is 27.2 Å². The number of hydrogen-bond acceptors (Lipinski definition) is 12. The molecule has 0 aliphatic carbocycles. The molecule has 3 amide bonds. The molecule has 1 aliphatic heterocycles. The van der Waals surface area contributed by atoms with Gasteiger partial charge in [0.15, 0.2) is 6.29 Å². The van der Waals surface area contributed by atoms with Crippen molar-refractivity contribution in [1.82, 2.24) is 10.2 Å². The number of rotatable bonds is 13. The Kier molecular flexibility index (Phi) is 15.6. The van der Waals surface area contributed by atoms with Gasteiger partial charge in [-0.2, -0.15) is 0 Å². The van der Waals surface area contributed by atoms with E-state index in [0.717, 1.165) is 4.90 Å².